The van der Waals surface area contributed by atoms with Crippen molar-refractivity contribution < 1.29 is 4.48 Å². The summed E-state index contributed by atoms with van der Waals surface area (Å²) in [5.74, 6) is 1.95. The van der Waals surface area contributed by atoms with E-state index in [1.807, 2.05) is 0 Å². The van der Waals surface area contributed by atoms with Crippen molar-refractivity contribution in [3.63, 3.8) is 0 Å². The summed E-state index contributed by atoms with van der Waals surface area (Å²) < 4.78 is 0.977. The van der Waals surface area contributed by atoms with Crippen molar-refractivity contribution >= 4 is 0 Å². The lowest BCUT2D eigenvalue weighted by Crippen LogP contribution is -2.33. The summed E-state index contributed by atoms with van der Waals surface area (Å²) in [7, 11) is 6.74. The molecule has 0 aliphatic carbocycles. The molecule has 0 radical (unpaired) electrons. The van der Waals surface area contributed by atoms with Gasteiger partial charge in [-0.15, -0.1) is 0 Å². The fourth-order valence-corrected chi connectivity index (χ4v) is 3.95. The third-order valence-corrected chi connectivity index (χ3v) is 6.17. The summed E-state index contributed by atoms with van der Waals surface area (Å²) in [5, 5.41) is 0. The molecule has 0 spiro atoms. The number of nitrogens with zero attached hydrogens (tertiary/aromatic N) is 1. The van der Waals surface area contributed by atoms with Crippen LogP contribution < -0.4 is 0 Å². The summed E-state index contributed by atoms with van der Waals surface area (Å²) >= 11 is 0. The highest BCUT2D eigenvalue weighted by Crippen LogP contribution is 2.28. The summed E-state index contributed by atoms with van der Waals surface area (Å²) in [6, 6.07) is 18.7. The highest BCUT2D eigenvalue weighted by Gasteiger charge is 2.12. The number of rotatable bonds is 10. The molecule has 2 rings (SSSR count). The first-order valence-corrected chi connectivity index (χ1v) is 11.2. The lowest BCUT2D eigenvalue weighted by atomic mass is 9.89. The second kappa shape index (κ2) is 10.3. The molecule has 0 fully saturated rings. The summed E-state index contributed by atoms with van der Waals surface area (Å²) in [6.07, 6.45) is 5.04. The van der Waals surface area contributed by atoms with Crippen LogP contribution in [0.2, 0.25) is 0 Å². The molecule has 3 unspecified atom stereocenters. The van der Waals surface area contributed by atoms with Crippen LogP contribution >= 0.6 is 0 Å². The van der Waals surface area contributed by atoms with E-state index >= 15 is 0 Å². The summed E-state index contributed by atoms with van der Waals surface area (Å²) in [6.45, 7) is 10.4. The molecule has 1 heteroatoms. The van der Waals surface area contributed by atoms with Crippen molar-refractivity contribution in [1.82, 2.24) is 0 Å². The second-order valence-corrected chi connectivity index (χ2v) is 9.90. The van der Waals surface area contributed by atoms with Crippen LogP contribution in [0.1, 0.15) is 93.4 Å². The zero-order valence-corrected chi connectivity index (χ0v) is 19.3. The highest BCUT2D eigenvalue weighted by molar-refractivity contribution is 5.27. The molecule has 3 atom stereocenters. The summed E-state index contributed by atoms with van der Waals surface area (Å²) in [5.41, 5.74) is 5.87. The van der Waals surface area contributed by atoms with Gasteiger partial charge in [0.25, 0.3) is 0 Å². The van der Waals surface area contributed by atoms with E-state index in [2.05, 4.69) is 97.4 Å². The van der Waals surface area contributed by atoms with E-state index in [-0.39, 0.29) is 0 Å². The van der Waals surface area contributed by atoms with Gasteiger partial charge in [0.2, 0.25) is 0 Å². The Labute approximate surface area is 174 Å². The Morgan fingerprint density at radius 1 is 0.643 bits per heavy atom. The molecule has 0 N–H and O–H groups in total. The Hall–Kier alpha value is -1.60. The molecule has 2 aromatic rings. The molecule has 154 valence electrons. The minimum Gasteiger partial charge on any atom is -0.327 e. The molecule has 0 bridgehead atoms. The molecule has 0 heterocycles. The molecule has 0 saturated carbocycles. The van der Waals surface area contributed by atoms with Gasteiger partial charge >= 0.3 is 0 Å². The topological polar surface area (TPSA) is 0 Å². The number of hydrogen-bond acceptors (Lipinski definition) is 0. The van der Waals surface area contributed by atoms with E-state index in [1.165, 1.54) is 47.9 Å². The van der Waals surface area contributed by atoms with Crippen LogP contribution in [0.4, 0.5) is 0 Å². The van der Waals surface area contributed by atoms with Crippen molar-refractivity contribution in [2.24, 2.45) is 0 Å². The maximum Gasteiger partial charge on any atom is 0.104 e. The Morgan fingerprint density at radius 3 is 1.43 bits per heavy atom. The predicted molar refractivity (Wildman–Crippen MR) is 124 cm³/mol. The van der Waals surface area contributed by atoms with Gasteiger partial charge in [0.05, 0.1) is 21.1 Å². The van der Waals surface area contributed by atoms with Crippen LogP contribution in [0, 0.1) is 0 Å². The van der Waals surface area contributed by atoms with Crippen LogP contribution in [-0.4, -0.2) is 25.6 Å². The van der Waals surface area contributed by atoms with Gasteiger partial charge in [-0.1, -0.05) is 82.6 Å². The van der Waals surface area contributed by atoms with Crippen molar-refractivity contribution in [3.8, 4) is 0 Å². The van der Waals surface area contributed by atoms with Crippen LogP contribution in [-0.2, 0) is 6.54 Å². The minimum absolute atomic E-state index is 0.637. The fourth-order valence-electron chi connectivity index (χ4n) is 3.95. The zero-order valence-electron chi connectivity index (χ0n) is 19.3. The molecule has 28 heavy (non-hydrogen) atoms. The molecule has 1 nitrogen and oxygen atoms in total. The van der Waals surface area contributed by atoms with Crippen molar-refractivity contribution in [2.75, 3.05) is 21.1 Å². The molecular formula is C27H42N+. The van der Waals surface area contributed by atoms with Gasteiger partial charge in [0.15, 0.2) is 0 Å². The Morgan fingerprint density at radius 2 is 1.04 bits per heavy atom. The molecule has 2 aromatic carbocycles. The third kappa shape index (κ3) is 7.09. The van der Waals surface area contributed by atoms with E-state index < -0.39 is 0 Å². The number of benzene rings is 2. The van der Waals surface area contributed by atoms with Gasteiger partial charge in [-0.2, -0.15) is 0 Å². The fraction of sp³-hybridized carbons (Fsp3) is 0.556. The van der Waals surface area contributed by atoms with Crippen LogP contribution in [0.25, 0.3) is 0 Å². The Kier molecular flexibility index (Phi) is 8.31. The smallest absolute Gasteiger partial charge is 0.104 e. The van der Waals surface area contributed by atoms with Crippen LogP contribution in [0.15, 0.2) is 48.5 Å². The zero-order chi connectivity index (χ0) is 20.7. The monoisotopic (exact) mass is 380 g/mol. The first kappa shape index (κ1) is 22.7. The third-order valence-electron chi connectivity index (χ3n) is 6.17. The quantitative estimate of drug-likeness (QED) is 0.375. The second-order valence-electron chi connectivity index (χ2n) is 9.90. The minimum atomic E-state index is 0.637. The highest BCUT2D eigenvalue weighted by atomic mass is 15.3. The molecule has 0 aliphatic heterocycles. The average molecular weight is 381 g/mol. The largest absolute Gasteiger partial charge is 0.327 e. The van der Waals surface area contributed by atoms with E-state index in [4.69, 9.17) is 0 Å². The average Bonchev–Trinajstić information content (AvgIpc) is 2.66. The lowest BCUT2D eigenvalue weighted by Gasteiger charge is -2.24. The Bertz CT molecular complexity index is 691. The van der Waals surface area contributed by atoms with Gasteiger partial charge in [0, 0.05) is 5.56 Å². The molecule has 0 aromatic heterocycles. The van der Waals surface area contributed by atoms with Gasteiger partial charge < -0.3 is 4.48 Å². The van der Waals surface area contributed by atoms with Crippen molar-refractivity contribution in [3.05, 3.63) is 70.8 Å². The van der Waals surface area contributed by atoms with Crippen molar-refractivity contribution in [1.29, 1.82) is 0 Å². The van der Waals surface area contributed by atoms with E-state index in [1.54, 1.807) is 0 Å². The number of hydrogen-bond donors (Lipinski definition) is 0. The normalized spacial score (nSPS) is 15.2. The van der Waals surface area contributed by atoms with Gasteiger partial charge in [-0.25, -0.2) is 0 Å². The first-order chi connectivity index (χ1) is 13.2. The van der Waals surface area contributed by atoms with Crippen molar-refractivity contribution in [2.45, 2.75) is 77.7 Å². The van der Waals surface area contributed by atoms with E-state index in [0.29, 0.717) is 17.8 Å². The predicted octanol–water partition coefficient (Wildman–Crippen LogP) is 7.48. The van der Waals surface area contributed by atoms with Gasteiger partial charge in [-0.05, 0) is 53.7 Å². The molecule has 0 amide bonds. The Balaban J connectivity index is 1.82. The maximum atomic E-state index is 2.38. The summed E-state index contributed by atoms with van der Waals surface area (Å²) in [4.78, 5) is 0. The first-order valence-electron chi connectivity index (χ1n) is 11.2. The van der Waals surface area contributed by atoms with Gasteiger partial charge in [-0.3, -0.25) is 0 Å². The van der Waals surface area contributed by atoms with E-state index in [0.717, 1.165) is 11.0 Å². The maximum absolute atomic E-state index is 2.38. The lowest BCUT2D eigenvalue weighted by molar-refractivity contribution is -0.884. The van der Waals surface area contributed by atoms with Gasteiger partial charge in [0.1, 0.15) is 6.54 Å². The standard InChI is InChI=1S/C27H42N/c1-8-21(2)25-16-18-27(19-17-25)23(4)11-9-10-22(3)26-14-12-24(13-15-26)20-28(5,6)7/h12-19,21-23H,8-11,20H2,1-7H3/q+1. The molecular weight excluding hydrogens is 338 g/mol. The number of quaternary nitrogens is 1. The van der Waals surface area contributed by atoms with Crippen LogP contribution in [0.3, 0.4) is 0 Å². The van der Waals surface area contributed by atoms with E-state index in [9.17, 15) is 0 Å². The van der Waals surface area contributed by atoms with Crippen LogP contribution in [0.5, 0.6) is 0 Å². The SMILES string of the molecule is CCC(C)c1ccc(C(C)CCCC(C)c2ccc(C[N+](C)(C)C)cc2)cc1. The molecule has 0 saturated heterocycles. The molecule has 0 aliphatic rings.